The second kappa shape index (κ2) is 9.91. The van der Waals surface area contributed by atoms with E-state index in [0.717, 1.165) is 48.2 Å². The van der Waals surface area contributed by atoms with Gasteiger partial charge in [-0.1, -0.05) is 6.07 Å². The maximum absolute atomic E-state index is 14.9. The minimum Gasteiger partial charge on any atom is -0.490 e. The fourth-order valence-electron chi connectivity index (χ4n) is 5.73. The fourth-order valence-corrected chi connectivity index (χ4v) is 6.60. The largest absolute Gasteiger partial charge is 0.490 e. The van der Waals surface area contributed by atoms with E-state index in [9.17, 15) is 14.3 Å². The summed E-state index contributed by atoms with van der Waals surface area (Å²) in [5.74, 6) is 0.0446. The van der Waals surface area contributed by atoms with Crippen molar-refractivity contribution in [2.75, 3.05) is 13.2 Å². The van der Waals surface area contributed by atoms with Gasteiger partial charge in [-0.05, 0) is 81.4 Å². The topological polar surface area (TPSA) is 77.9 Å². The van der Waals surface area contributed by atoms with Gasteiger partial charge in [-0.15, -0.1) is 11.3 Å². The highest BCUT2D eigenvalue weighted by Gasteiger charge is 2.45. The first-order chi connectivity index (χ1) is 16.4. The van der Waals surface area contributed by atoms with Crippen LogP contribution in [0, 0.1) is 23.6 Å². The summed E-state index contributed by atoms with van der Waals surface area (Å²) in [6.45, 7) is 4.45. The van der Waals surface area contributed by atoms with Gasteiger partial charge >= 0.3 is 5.97 Å². The molecular weight excluding hydrogens is 457 g/mol. The highest BCUT2D eigenvalue weighted by molar-refractivity contribution is 7.09. The molecule has 1 aliphatic heterocycles. The van der Waals surface area contributed by atoms with Gasteiger partial charge in [0.2, 0.25) is 0 Å². The summed E-state index contributed by atoms with van der Waals surface area (Å²) in [6, 6.07) is 3.70. The first-order valence-electron chi connectivity index (χ1n) is 12.3. The first-order valence-corrected chi connectivity index (χ1v) is 13.2. The Kier molecular flexibility index (Phi) is 6.91. The lowest BCUT2D eigenvalue weighted by atomic mass is 9.86. The predicted octanol–water partition coefficient (Wildman–Crippen LogP) is 4.88. The van der Waals surface area contributed by atoms with Gasteiger partial charge < -0.3 is 19.3 Å². The number of carbonyl (C=O) groups excluding carboxylic acids is 1. The van der Waals surface area contributed by atoms with Crippen molar-refractivity contribution < 1.29 is 28.5 Å². The molecular formula is C26H32FNO5S. The number of carbonyl (C=O) groups is 1. The van der Waals surface area contributed by atoms with Crippen molar-refractivity contribution in [3.63, 3.8) is 0 Å². The zero-order chi connectivity index (χ0) is 23.8. The molecule has 0 unspecified atom stereocenters. The summed E-state index contributed by atoms with van der Waals surface area (Å²) < 4.78 is 32.2. The minimum atomic E-state index is -0.482. The smallest absolute Gasteiger partial charge is 0.358 e. The summed E-state index contributed by atoms with van der Waals surface area (Å²) in [6.07, 6.45) is 4.10. The molecule has 2 fully saturated rings. The number of nitrogens with zero attached hydrogens (tertiary/aromatic N) is 1. The van der Waals surface area contributed by atoms with Crippen LogP contribution in [-0.2, 0) is 22.3 Å². The van der Waals surface area contributed by atoms with E-state index in [2.05, 4.69) is 4.98 Å². The van der Waals surface area contributed by atoms with Gasteiger partial charge in [-0.3, -0.25) is 0 Å². The van der Waals surface area contributed by atoms with E-state index in [1.807, 2.05) is 19.9 Å². The molecule has 0 amide bonds. The summed E-state index contributed by atoms with van der Waals surface area (Å²) in [7, 11) is 0. The lowest BCUT2D eigenvalue weighted by Crippen LogP contribution is -2.27. The standard InChI is InChI=1S/C26H32FNO5S/c1-14(2)33-26(30)20-13-34-25(28-20)23-9-7-17-16(11-31-23)10-21(29)19(17)12-32-22-8-6-15-4-3-5-18(15)24(22)27/h6,8,13-14,16-17,19,21,23,29H,3-5,7,9-12H2,1-2H3/t16-,17+,19-,21-,23-/m1/s1. The van der Waals surface area contributed by atoms with Gasteiger partial charge in [0.25, 0.3) is 0 Å². The van der Waals surface area contributed by atoms with E-state index >= 15 is 0 Å². The van der Waals surface area contributed by atoms with E-state index in [1.165, 1.54) is 11.3 Å². The minimum absolute atomic E-state index is 0.0621. The van der Waals surface area contributed by atoms with Crippen molar-refractivity contribution in [2.45, 2.75) is 70.7 Å². The highest BCUT2D eigenvalue weighted by atomic mass is 32.1. The van der Waals surface area contributed by atoms with Gasteiger partial charge in [0.15, 0.2) is 17.3 Å². The van der Waals surface area contributed by atoms with Crippen LogP contribution in [0.3, 0.4) is 0 Å². The molecule has 1 aromatic heterocycles. The molecule has 5 atom stereocenters. The number of rotatable bonds is 6. The number of aromatic nitrogens is 1. The molecule has 1 saturated heterocycles. The number of benzene rings is 1. The highest BCUT2D eigenvalue weighted by Crippen LogP contribution is 2.45. The average Bonchev–Trinajstić information content (AvgIpc) is 3.50. The molecule has 6 nitrogen and oxygen atoms in total. The Bertz CT molecular complexity index is 1040. The fraction of sp³-hybridized carbons (Fsp3) is 0.615. The Morgan fingerprint density at radius 2 is 2.18 bits per heavy atom. The molecule has 5 rings (SSSR count). The molecule has 1 N–H and O–H groups in total. The van der Waals surface area contributed by atoms with Crippen molar-refractivity contribution >= 4 is 17.3 Å². The quantitative estimate of drug-likeness (QED) is 0.583. The van der Waals surface area contributed by atoms with Gasteiger partial charge in [0.1, 0.15) is 11.1 Å². The molecule has 2 aromatic rings. The number of hydrogen-bond acceptors (Lipinski definition) is 7. The van der Waals surface area contributed by atoms with Crippen LogP contribution in [0.5, 0.6) is 5.75 Å². The number of ether oxygens (including phenoxy) is 3. The van der Waals surface area contributed by atoms with Gasteiger partial charge in [-0.2, -0.15) is 0 Å². The number of aryl methyl sites for hydroxylation is 1. The number of aliphatic hydroxyl groups excluding tert-OH is 1. The van der Waals surface area contributed by atoms with E-state index in [1.54, 1.807) is 11.4 Å². The lowest BCUT2D eigenvalue weighted by Gasteiger charge is -2.24. The molecule has 0 bridgehead atoms. The molecule has 1 aromatic carbocycles. The summed E-state index contributed by atoms with van der Waals surface area (Å²) >= 11 is 1.42. The molecule has 0 radical (unpaired) electrons. The molecule has 184 valence electrons. The number of thiazole rings is 1. The van der Waals surface area contributed by atoms with Crippen LogP contribution < -0.4 is 4.74 Å². The Balaban J connectivity index is 1.22. The zero-order valence-electron chi connectivity index (χ0n) is 19.7. The van der Waals surface area contributed by atoms with Crippen molar-refractivity contribution in [2.24, 2.45) is 17.8 Å². The van der Waals surface area contributed by atoms with E-state index in [0.29, 0.717) is 31.1 Å². The van der Waals surface area contributed by atoms with Crippen molar-refractivity contribution in [1.29, 1.82) is 0 Å². The van der Waals surface area contributed by atoms with Gasteiger partial charge in [0.05, 0.1) is 25.4 Å². The zero-order valence-corrected chi connectivity index (χ0v) is 20.5. The van der Waals surface area contributed by atoms with Crippen molar-refractivity contribution in [1.82, 2.24) is 4.98 Å². The second-order valence-corrected chi connectivity index (χ2v) is 10.9. The summed E-state index contributed by atoms with van der Waals surface area (Å²) in [4.78, 5) is 16.6. The molecule has 8 heteroatoms. The van der Waals surface area contributed by atoms with Crippen LogP contribution in [0.25, 0.3) is 0 Å². The molecule has 34 heavy (non-hydrogen) atoms. The Labute approximate surface area is 203 Å². The van der Waals surface area contributed by atoms with Crippen LogP contribution in [0.1, 0.15) is 72.3 Å². The van der Waals surface area contributed by atoms with E-state index in [-0.39, 0.29) is 35.8 Å². The third-order valence-corrected chi connectivity index (χ3v) is 8.36. The maximum Gasteiger partial charge on any atom is 0.358 e. The molecule has 2 aliphatic carbocycles. The van der Waals surface area contributed by atoms with Gasteiger partial charge in [0, 0.05) is 11.3 Å². The summed E-state index contributed by atoms with van der Waals surface area (Å²) in [5, 5.41) is 13.2. The molecule has 1 saturated carbocycles. The Morgan fingerprint density at radius 1 is 1.32 bits per heavy atom. The number of halogens is 1. The van der Waals surface area contributed by atoms with Crippen molar-refractivity contribution in [3.8, 4) is 5.75 Å². The van der Waals surface area contributed by atoms with Crippen molar-refractivity contribution in [3.05, 3.63) is 45.2 Å². The third-order valence-electron chi connectivity index (χ3n) is 7.43. The normalized spacial score (nSPS) is 28.4. The monoisotopic (exact) mass is 489 g/mol. The van der Waals surface area contributed by atoms with E-state index in [4.69, 9.17) is 14.2 Å². The molecule has 2 heterocycles. The number of esters is 1. The maximum atomic E-state index is 14.9. The SMILES string of the molecule is CC(C)OC(=O)c1csc([C@H]2CC[C@H]3[C@@H](CO2)C[C@@H](O)[C@@H]3COc2ccc3c(c2F)CCC3)n1. The first kappa shape index (κ1) is 23.7. The molecule has 3 aliphatic rings. The van der Waals surface area contributed by atoms with Crippen LogP contribution in [0.2, 0.25) is 0 Å². The van der Waals surface area contributed by atoms with Crippen LogP contribution in [0.15, 0.2) is 17.5 Å². The lowest BCUT2D eigenvalue weighted by molar-refractivity contribution is 0.0321. The predicted molar refractivity (Wildman–Crippen MR) is 126 cm³/mol. The summed E-state index contributed by atoms with van der Waals surface area (Å²) in [5.41, 5.74) is 2.19. The van der Waals surface area contributed by atoms with Crippen LogP contribution >= 0.6 is 11.3 Å². The molecule has 0 spiro atoms. The third kappa shape index (κ3) is 4.72. The second-order valence-electron chi connectivity index (χ2n) is 10.00. The number of fused-ring (bicyclic) bond motifs is 2. The Hall–Kier alpha value is -2.03. The van der Waals surface area contributed by atoms with E-state index < -0.39 is 12.1 Å². The number of aliphatic hydroxyl groups is 1. The Morgan fingerprint density at radius 3 is 3.00 bits per heavy atom. The van der Waals surface area contributed by atoms with Crippen LogP contribution in [0.4, 0.5) is 4.39 Å². The van der Waals surface area contributed by atoms with Gasteiger partial charge in [-0.25, -0.2) is 14.2 Å². The average molecular weight is 490 g/mol. The van der Waals surface area contributed by atoms with Crippen LogP contribution in [-0.4, -0.2) is 41.5 Å². The number of hydrogen-bond donors (Lipinski definition) is 1.